The number of fused-ring (bicyclic) bond motifs is 25. The molecular formula is C114H93N10O5+5. The number of aryl methyl sites for hydroxylation is 13. The second-order valence-electron chi connectivity index (χ2n) is 33.9. The van der Waals surface area contributed by atoms with Gasteiger partial charge in [-0.05, 0) is 177 Å². The zero-order valence-electron chi connectivity index (χ0n) is 77.0. The Bertz CT molecular complexity index is 9050. The van der Waals surface area contributed by atoms with Crippen molar-refractivity contribution >= 4 is 164 Å². The van der Waals surface area contributed by atoms with Crippen LogP contribution in [0.25, 0.3) is 220 Å². The lowest BCUT2D eigenvalue weighted by Crippen LogP contribution is -2.32. The Labute approximate surface area is 748 Å². The molecule has 10 aromatic heterocycles. The van der Waals surface area contributed by atoms with E-state index in [9.17, 15) is 0 Å². The van der Waals surface area contributed by atoms with Crippen LogP contribution in [0, 0.1) is 62.2 Å². The van der Waals surface area contributed by atoms with Crippen LogP contribution >= 0.6 is 0 Å². The smallest absolute Gasteiger partial charge is 0.334 e. The molecule has 15 heteroatoms. The Morgan fingerprint density at radius 3 is 0.876 bits per heavy atom. The van der Waals surface area contributed by atoms with Gasteiger partial charge in [-0.1, -0.05) is 200 Å². The van der Waals surface area contributed by atoms with Crippen LogP contribution in [0.15, 0.2) is 333 Å². The molecule has 0 spiro atoms. The fraction of sp³-hybridized carbons (Fsp3) is 0.123. The number of furan rings is 5. The highest BCUT2D eigenvalue weighted by Crippen LogP contribution is 2.46. The molecule has 10 heterocycles. The van der Waals surface area contributed by atoms with Gasteiger partial charge in [0, 0.05) is 121 Å². The van der Waals surface area contributed by atoms with Crippen LogP contribution in [0.1, 0.15) is 54.3 Å². The first-order valence-electron chi connectivity index (χ1n) is 44.8. The van der Waals surface area contributed by atoms with E-state index in [0.717, 1.165) is 227 Å². The summed E-state index contributed by atoms with van der Waals surface area (Å²) in [5.74, 6) is 4.35. The predicted octanol–water partition coefficient (Wildman–Crippen LogP) is 25.9. The maximum atomic E-state index is 7.63. The molecule has 0 bridgehead atoms. The van der Waals surface area contributed by atoms with E-state index in [-0.39, 0.29) is 5.56 Å². The van der Waals surface area contributed by atoms with Crippen molar-refractivity contribution in [2.75, 3.05) is 0 Å². The quantitative estimate of drug-likeness (QED) is 0.152. The lowest BCUT2D eigenvalue weighted by Gasteiger charge is -2.07. The molecule has 15 nitrogen and oxygen atoms in total. The Kier molecular flexibility index (Phi) is 19.1. The minimum absolute atomic E-state index is 0.212. The van der Waals surface area contributed by atoms with E-state index < -0.39 is 6.85 Å². The molecule has 15 aromatic carbocycles. The van der Waals surface area contributed by atoms with Gasteiger partial charge in [0.15, 0.2) is 33.6 Å². The van der Waals surface area contributed by atoms with E-state index in [1.807, 2.05) is 126 Å². The molecule has 624 valence electrons. The molecule has 25 aromatic rings. The van der Waals surface area contributed by atoms with Gasteiger partial charge in [0.25, 0.3) is 0 Å². The Morgan fingerprint density at radius 2 is 0.527 bits per heavy atom. The van der Waals surface area contributed by atoms with Gasteiger partial charge in [-0.25, -0.2) is 22.8 Å². The first-order valence-corrected chi connectivity index (χ1v) is 43.3. The third-order valence-corrected chi connectivity index (χ3v) is 25.4. The summed E-state index contributed by atoms with van der Waals surface area (Å²) in [5.41, 5.74) is 23.4. The summed E-state index contributed by atoms with van der Waals surface area (Å²) in [5, 5.41) is 22.8. The number of rotatable bonds is 5. The summed E-state index contributed by atoms with van der Waals surface area (Å²) in [6, 6.07) is 88.3. The SMILES string of the molecule is Cc1cc2c(oc3c4ccccc4ccc23)c(-c2nccc[n+]2C)c1C.Cc1cc[n+](C)c(-c2c(C)ccc3c2oc2c4ccccc4ccc32)n1.Cc1ccc2c(oc3c4ccccc4ccc23)c1-c1nccc[n+]1C.Cc1cnc(-c2c(C)ccc3c2oc2c4ccccc4ccc32)[n+](C)c1.[2H]C([2H])([2H])c1cnc(-c2c(C)ccc3c2oc2c4ccccc4ccc32)[n+](C)c1. The van der Waals surface area contributed by atoms with Crippen LogP contribution in [0.2, 0.25) is 0 Å². The van der Waals surface area contributed by atoms with Crippen LogP contribution in [-0.4, -0.2) is 24.9 Å². The summed E-state index contributed by atoms with van der Waals surface area (Å²) in [4.78, 5) is 23.2. The molecule has 129 heavy (non-hydrogen) atoms. The zero-order chi connectivity index (χ0) is 90.8. The van der Waals surface area contributed by atoms with Crippen LogP contribution in [0.4, 0.5) is 0 Å². The van der Waals surface area contributed by atoms with Crippen molar-refractivity contribution in [3.63, 3.8) is 0 Å². The number of hydrogen-bond acceptors (Lipinski definition) is 10. The summed E-state index contributed by atoms with van der Waals surface area (Å²) in [6.07, 6.45) is 16.8. The number of hydrogen-bond donors (Lipinski definition) is 0. The maximum Gasteiger partial charge on any atom is 0.334 e. The average Bonchev–Trinajstić information content (AvgIpc) is 1.56. The second-order valence-corrected chi connectivity index (χ2v) is 33.9. The highest BCUT2D eigenvalue weighted by Gasteiger charge is 2.30. The first kappa shape index (κ1) is 76.6. The predicted molar refractivity (Wildman–Crippen MR) is 521 cm³/mol. The number of benzene rings is 15. The molecule has 0 N–H and O–H groups in total. The Hall–Kier alpha value is -16.0. The number of nitrogens with zero attached hydrogens (tertiary/aromatic N) is 10. The molecule has 0 saturated carbocycles. The first-order chi connectivity index (χ1) is 64.0. The largest absolute Gasteiger partial charge is 0.454 e. The van der Waals surface area contributed by atoms with Crippen molar-refractivity contribution in [2.45, 2.75) is 62.2 Å². The average molecular weight is 1690 g/mol. The van der Waals surface area contributed by atoms with Crippen molar-refractivity contribution in [1.82, 2.24) is 24.9 Å². The molecule has 0 aliphatic rings. The summed E-state index contributed by atoms with van der Waals surface area (Å²) in [7, 11) is 9.91. The van der Waals surface area contributed by atoms with Gasteiger partial charge in [-0.2, -0.15) is 0 Å². The topological polar surface area (TPSA) is 150 Å². The molecule has 25 rings (SSSR count). The normalized spacial score (nSPS) is 12.1. The lowest BCUT2D eigenvalue weighted by molar-refractivity contribution is -0.663. The van der Waals surface area contributed by atoms with Gasteiger partial charge in [-0.15, -0.1) is 0 Å². The van der Waals surface area contributed by atoms with Crippen molar-refractivity contribution in [3.8, 4) is 56.9 Å². The molecule has 0 amide bonds. The van der Waals surface area contributed by atoms with Gasteiger partial charge in [-0.3, -0.25) is 0 Å². The molecular weight excluding hydrogens is 1590 g/mol. The summed E-state index contributed by atoms with van der Waals surface area (Å²) < 4.78 is 65.1. The zero-order valence-corrected chi connectivity index (χ0v) is 74.0. The summed E-state index contributed by atoms with van der Waals surface area (Å²) >= 11 is 0. The minimum Gasteiger partial charge on any atom is -0.454 e. The molecule has 0 radical (unpaired) electrons. The van der Waals surface area contributed by atoms with Crippen LogP contribution < -0.4 is 22.8 Å². The fourth-order valence-corrected chi connectivity index (χ4v) is 18.7. The van der Waals surface area contributed by atoms with Crippen LogP contribution in [0.3, 0.4) is 0 Å². The van der Waals surface area contributed by atoms with Gasteiger partial charge >= 0.3 is 29.1 Å². The van der Waals surface area contributed by atoms with E-state index in [2.05, 4.69) is 296 Å². The molecule has 0 atom stereocenters. The van der Waals surface area contributed by atoms with Crippen LogP contribution in [-0.2, 0) is 35.2 Å². The Morgan fingerprint density at radius 1 is 0.240 bits per heavy atom. The van der Waals surface area contributed by atoms with Gasteiger partial charge in [0.1, 0.15) is 80.5 Å². The van der Waals surface area contributed by atoms with E-state index in [0.29, 0.717) is 5.82 Å². The van der Waals surface area contributed by atoms with E-state index in [1.54, 1.807) is 10.8 Å². The molecule has 0 aliphatic carbocycles. The maximum absolute atomic E-state index is 7.63. The highest BCUT2D eigenvalue weighted by molar-refractivity contribution is 6.22. The summed E-state index contributed by atoms with van der Waals surface area (Å²) in [6.45, 7) is 14.5. The van der Waals surface area contributed by atoms with Crippen molar-refractivity contribution in [3.05, 3.63) is 361 Å². The minimum atomic E-state index is -2.19. The van der Waals surface area contributed by atoms with Gasteiger partial charge in [0.05, 0.1) is 66.2 Å². The van der Waals surface area contributed by atoms with Crippen LogP contribution in [0.5, 0.6) is 0 Å². The van der Waals surface area contributed by atoms with Gasteiger partial charge < -0.3 is 22.1 Å². The molecule has 0 aliphatic heterocycles. The molecule has 0 unspecified atom stereocenters. The Balaban J connectivity index is 0.0000000995. The lowest BCUT2D eigenvalue weighted by atomic mass is 9.97. The third-order valence-electron chi connectivity index (χ3n) is 25.4. The van der Waals surface area contributed by atoms with Crippen molar-refractivity contribution < 1.29 is 49.0 Å². The second kappa shape index (κ2) is 32.2. The monoisotopic (exact) mass is 1680 g/mol. The standard InChI is InChI=1S/4C23H19N2O.C22H17N2O/c1-14-13-19-18-10-9-16-7-4-5-8-17(16)21(18)26-22(19)20(15(14)2)23-24-11-6-12-25(23)3;2*1-14-12-24-23(25(3)13-14)20-15(2)8-10-19-18-11-9-16-6-4-5-7-17(16)21(18)26-22(19)20;1-14-8-10-19-18-11-9-16-6-4-5-7-17(16)21(18)26-22(19)20(14)23-24-15(2)12-13-25(23)3;1-14-8-10-18-17-11-9-15-6-3-4-7-16(15)20(17)25-21(18)19(14)22-23-12-5-13-24(22)2/h4*4-13H,1-3H3;3-13H,1-2H3/q5*+1/i;1D3;;;. The molecule has 0 fully saturated rings. The van der Waals surface area contributed by atoms with E-state index >= 15 is 0 Å². The van der Waals surface area contributed by atoms with E-state index in [1.165, 1.54) is 38.9 Å². The van der Waals surface area contributed by atoms with Gasteiger partial charge in [0.2, 0.25) is 0 Å². The number of aromatic nitrogens is 10. The van der Waals surface area contributed by atoms with Crippen molar-refractivity contribution in [1.29, 1.82) is 0 Å². The van der Waals surface area contributed by atoms with Crippen molar-refractivity contribution in [2.24, 2.45) is 35.2 Å². The fourth-order valence-electron chi connectivity index (χ4n) is 18.7. The third kappa shape index (κ3) is 13.8. The highest BCUT2D eigenvalue weighted by atomic mass is 16.3. The molecule has 0 saturated heterocycles. The van der Waals surface area contributed by atoms with E-state index in [4.69, 9.17) is 36.2 Å².